The lowest BCUT2D eigenvalue weighted by Crippen LogP contribution is -2.25. The third-order valence-corrected chi connectivity index (χ3v) is 2.86. The fourth-order valence-electron chi connectivity index (χ4n) is 1.88. The summed E-state index contributed by atoms with van der Waals surface area (Å²) in [7, 11) is 0. The van der Waals surface area contributed by atoms with Crippen molar-refractivity contribution in [1.29, 1.82) is 0 Å². The standard InChI is InChI=1S/C14H17N3O3/c1-2-20-16-13(18)8-5-9-17-10-15-12-7-4-3-6-11(12)14(17)19/h3-4,6-7,10H,2,5,8-9H2,1H3,(H,16,18). The number of nitrogens with zero attached hydrogens (tertiary/aromatic N) is 2. The van der Waals surface area contributed by atoms with Crippen molar-refractivity contribution in [2.45, 2.75) is 26.3 Å². The monoisotopic (exact) mass is 275 g/mol. The summed E-state index contributed by atoms with van der Waals surface area (Å²) in [6, 6.07) is 7.21. The lowest BCUT2D eigenvalue weighted by atomic mass is 10.2. The maximum Gasteiger partial charge on any atom is 0.261 e. The van der Waals surface area contributed by atoms with Gasteiger partial charge in [-0.3, -0.25) is 19.0 Å². The number of para-hydroxylation sites is 1. The Balaban J connectivity index is 1.99. The van der Waals surface area contributed by atoms with Gasteiger partial charge in [-0.15, -0.1) is 0 Å². The Morgan fingerprint density at radius 3 is 3.00 bits per heavy atom. The van der Waals surface area contributed by atoms with Crippen LogP contribution in [-0.2, 0) is 16.2 Å². The molecule has 1 amide bonds. The molecule has 1 N–H and O–H groups in total. The highest BCUT2D eigenvalue weighted by molar-refractivity contribution is 5.77. The summed E-state index contributed by atoms with van der Waals surface area (Å²) in [4.78, 5) is 32.6. The predicted molar refractivity (Wildman–Crippen MR) is 75.0 cm³/mol. The molecule has 0 atom stereocenters. The van der Waals surface area contributed by atoms with Gasteiger partial charge in [-0.05, 0) is 25.5 Å². The maximum absolute atomic E-state index is 12.2. The van der Waals surface area contributed by atoms with Crippen molar-refractivity contribution in [1.82, 2.24) is 15.0 Å². The van der Waals surface area contributed by atoms with Crippen molar-refractivity contribution in [3.05, 3.63) is 40.9 Å². The molecule has 0 radical (unpaired) electrons. The van der Waals surface area contributed by atoms with Gasteiger partial charge in [0.15, 0.2) is 0 Å². The first-order valence-corrected chi connectivity index (χ1v) is 6.57. The van der Waals surface area contributed by atoms with Crippen molar-refractivity contribution in [3.63, 3.8) is 0 Å². The molecule has 1 aromatic carbocycles. The maximum atomic E-state index is 12.2. The van der Waals surface area contributed by atoms with Gasteiger partial charge in [-0.25, -0.2) is 10.5 Å². The molecular weight excluding hydrogens is 258 g/mol. The number of hydrogen-bond acceptors (Lipinski definition) is 4. The first-order chi connectivity index (χ1) is 9.72. The third-order valence-electron chi connectivity index (χ3n) is 2.86. The quantitative estimate of drug-likeness (QED) is 0.805. The number of fused-ring (bicyclic) bond motifs is 1. The normalized spacial score (nSPS) is 10.7. The van der Waals surface area contributed by atoms with Crippen LogP contribution < -0.4 is 11.0 Å². The second-order valence-electron chi connectivity index (χ2n) is 4.32. The van der Waals surface area contributed by atoms with E-state index in [1.165, 1.54) is 10.9 Å². The van der Waals surface area contributed by atoms with Crippen LogP contribution in [-0.4, -0.2) is 22.1 Å². The molecule has 0 fully saturated rings. The average Bonchev–Trinajstić information content (AvgIpc) is 2.48. The molecule has 0 spiro atoms. The number of amides is 1. The molecule has 1 aromatic heterocycles. The van der Waals surface area contributed by atoms with E-state index in [0.717, 1.165) is 0 Å². The number of carbonyl (C=O) groups is 1. The van der Waals surface area contributed by atoms with Gasteiger partial charge in [0.2, 0.25) is 5.91 Å². The molecule has 106 valence electrons. The lowest BCUT2D eigenvalue weighted by Gasteiger charge is -2.07. The molecule has 0 saturated carbocycles. The van der Waals surface area contributed by atoms with E-state index in [1.807, 2.05) is 12.1 Å². The highest BCUT2D eigenvalue weighted by Gasteiger charge is 2.05. The summed E-state index contributed by atoms with van der Waals surface area (Å²) < 4.78 is 1.52. The van der Waals surface area contributed by atoms with Crippen LogP contribution in [0.2, 0.25) is 0 Å². The van der Waals surface area contributed by atoms with E-state index >= 15 is 0 Å². The minimum atomic E-state index is -0.186. The van der Waals surface area contributed by atoms with E-state index in [4.69, 9.17) is 4.84 Å². The molecule has 0 unspecified atom stereocenters. The fraction of sp³-hybridized carbons (Fsp3) is 0.357. The highest BCUT2D eigenvalue weighted by Crippen LogP contribution is 2.05. The summed E-state index contributed by atoms with van der Waals surface area (Å²) >= 11 is 0. The summed E-state index contributed by atoms with van der Waals surface area (Å²) in [6.45, 7) is 2.68. The van der Waals surface area contributed by atoms with Gasteiger partial charge in [-0.2, -0.15) is 0 Å². The van der Waals surface area contributed by atoms with Gasteiger partial charge < -0.3 is 0 Å². The topological polar surface area (TPSA) is 73.2 Å². The van der Waals surface area contributed by atoms with Crippen molar-refractivity contribution >= 4 is 16.8 Å². The molecule has 0 aliphatic rings. The Morgan fingerprint density at radius 2 is 2.20 bits per heavy atom. The zero-order valence-electron chi connectivity index (χ0n) is 11.3. The Labute approximate surface area is 116 Å². The molecule has 0 bridgehead atoms. The van der Waals surface area contributed by atoms with Gasteiger partial charge in [0.1, 0.15) is 0 Å². The minimum absolute atomic E-state index is 0.0826. The van der Waals surface area contributed by atoms with Crippen molar-refractivity contribution in [2.75, 3.05) is 6.61 Å². The minimum Gasteiger partial charge on any atom is -0.299 e. The number of benzene rings is 1. The smallest absolute Gasteiger partial charge is 0.261 e. The van der Waals surface area contributed by atoms with E-state index in [1.54, 1.807) is 19.1 Å². The zero-order chi connectivity index (χ0) is 14.4. The summed E-state index contributed by atoms with van der Waals surface area (Å²) in [5.74, 6) is -0.186. The second-order valence-corrected chi connectivity index (χ2v) is 4.32. The Hall–Kier alpha value is -2.21. The molecule has 1 heterocycles. The lowest BCUT2D eigenvalue weighted by molar-refractivity contribution is -0.133. The molecule has 6 nitrogen and oxygen atoms in total. The number of hydrogen-bond donors (Lipinski definition) is 1. The number of hydroxylamine groups is 1. The summed E-state index contributed by atoms with van der Waals surface area (Å²) in [5, 5.41) is 0.591. The Bertz CT molecular complexity index is 651. The Morgan fingerprint density at radius 1 is 1.40 bits per heavy atom. The first-order valence-electron chi connectivity index (χ1n) is 6.57. The molecular formula is C14H17N3O3. The van der Waals surface area contributed by atoms with E-state index in [2.05, 4.69) is 10.5 Å². The molecule has 6 heteroatoms. The Kier molecular flexibility index (Phi) is 4.84. The van der Waals surface area contributed by atoms with Crippen LogP contribution in [0.15, 0.2) is 35.4 Å². The molecule has 2 rings (SSSR count). The molecule has 2 aromatic rings. The predicted octanol–water partition coefficient (Wildman–Crippen LogP) is 1.24. The van der Waals surface area contributed by atoms with Crippen LogP contribution in [0.3, 0.4) is 0 Å². The van der Waals surface area contributed by atoms with E-state index in [9.17, 15) is 9.59 Å². The first kappa shape index (κ1) is 14.2. The molecule has 0 saturated heterocycles. The number of rotatable bonds is 6. The van der Waals surface area contributed by atoms with Gasteiger partial charge in [0.05, 0.1) is 23.8 Å². The van der Waals surface area contributed by atoms with Gasteiger partial charge in [0.25, 0.3) is 5.56 Å². The molecule has 0 aliphatic heterocycles. The van der Waals surface area contributed by atoms with Crippen LogP contribution in [0.4, 0.5) is 0 Å². The van der Waals surface area contributed by atoms with Crippen molar-refractivity contribution in [3.8, 4) is 0 Å². The zero-order valence-corrected chi connectivity index (χ0v) is 11.3. The summed E-state index contributed by atoms with van der Waals surface area (Å²) in [5.41, 5.74) is 2.92. The largest absolute Gasteiger partial charge is 0.299 e. The van der Waals surface area contributed by atoms with Crippen LogP contribution in [0.1, 0.15) is 19.8 Å². The van der Waals surface area contributed by atoms with Crippen molar-refractivity contribution in [2.24, 2.45) is 0 Å². The van der Waals surface area contributed by atoms with Crippen LogP contribution in [0.25, 0.3) is 10.9 Å². The van der Waals surface area contributed by atoms with Gasteiger partial charge in [0, 0.05) is 13.0 Å². The van der Waals surface area contributed by atoms with E-state index < -0.39 is 0 Å². The van der Waals surface area contributed by atoms with E-state index in [0.29, 0.717) is 36.9 Å². The number of carbonyl (C=O) groups excluding carboxylic acids is 1. The van der Waals surface area contributed by atoms with Gasteiger partial charge in [-0.1, -0.05) is 12.1 Å². The van der Waals surface area contributed by atoms with Crippen LogP contribution in [0, 0.1) is 0 Å². The number of nitrogens with one attached hydrogen (secondary N) is 1. The summed E-state index contributed by atoms with van der Waals surface area (Å²) in [6.07, 6.45) is 2.38. The van der Waals surface area contributed by atoms with E-state index in [-0.39, 0.29) is 11.5 Å². The van der Waals surface area contributed by atoms with Crippen LogP contribution in [0.5, 0.6) is 0 Å². The molecule has 20 heavy (non-hydrogen) atoms. The second kappa shape index (κ2) is 6.81. The molecule has 0 aliphatic carbocycles. The third kappa shape index (κ3) is 3.42. The van der Waals surface area contributed by atoms with Gasteiger partial charge >= 0.3 is 0 Å². The number of aryl methyl sites for hydroxylation is 1. The highest BCUT2D eigenvalue weighted by atomic mass is 16.6. The average molecular weight is 275 g/mol. The SMILES string of the molecule is CCONC(=O)CCCn1cnc2ccccc2c1=O. The van der Waals surface area contributed by atoms with Crippen LogP contribution >= 0.6 is 0 Å². The fourth-order valence-corrected chi connectivity index (χ4v) is 1.88. The van der Waals surface area contributed by atoms with Crippen molar-refractivity contribution < 1.29 is 9.63 Å². The number of aromatic nitrogens is 2.